The lowest BCUT2D eigenvalue weighted by Crippen LogP contribution is -2.49. The van der Waals surface area contributed by atoms with Gasteiger partial charge in [-0.05, 0) is 38.7 Å². The number of likely N-dealkylation sites (tertiary alicyclic amines) is 1. The molecule has 5 heterocycles. The lowest BCUT2D eigenvalue weighted by Gasteiger charge is -2.44. The van der Waals surface area contributed by atoms with Gasteiger partial charge in [-0.1, -0.05) is 0 Å². The molecule has 8 nitrogen and oxygen atoms in total. The van der Waals surface area contributed by atoms with Gasteiger partial charge in [0.15, 0.2) is 0 Å². The summed E-state index contributed by atoms with van der Waals surface area (Å²) in [6.45, 7) is 7.45. The molecule has 5 rings (SSSR count). The summed E-state index contributed by atoms with van der Waals surface area (Å²) in [7, 11) is 0. The van der Waals surface area contributed by atoms with Gasteiger partial charge in [0.25, 0.3) is 0 Å². The number of hydrogen-bond acceptors (Lipinski definition) is 8. The number of nitrogens with zero attached hydrogens (tertiary/aromatic N) is 5. The predicted octanol–water partition coefficient (Wildman–Crippen LogP) is 1.33. The van der Waals surface area contributed by atoms with Gasteiger partial charge in [-0.25, -0.2) is 15.0 Å². The van der Waals surface area contributed by atoms with E-state index in [0.717, 1.165) is 80.6 Å². The lowest BCUT2D eigenvalue weighted by molar-refractivity contribution is -0.103. The number of hydrogen-bond donors (Lipinski definition) is 1. The minimum absolute atomic E-state index is 0.136. The number of fused-ring (bicyclic) bond motifs is 3. The van der Waals surface area contributed by atoms with Gasteiger partial charge < -0.3 is 15.2 Å². The van der Waals surface area contributed by atoms with Crippen molar-refractivity contribution in [3.8, 4) is 5.88 Å². The molecule has 1 spiro atoms. The molecule has 0 aliphatic carbocycles. The molecule has 1 unspecified atom stereocenters. The zero-order chi connectivity index (χ0) is 19.3. The molecule has 1 fully saturated rings. The molecule has 0 radical (unpaired) electrons. The Morgan fingerprint density at radius 1 is 1.21 bits per heavy atom. The van der Waals surface area contributed by atoms with Crippen LogP contribution in [-0.4, -0.2) is 57.2 Å². The quantitative estimate of drug-likeness (QED) is 0.831. The molecule has 1 saturated heterocycles. The molecule has 2 aromatic rings. The third-order valence-electron chi connectivity index (χ3n) is 6.19. The Balaban J connectivity index is 1.26. The molecule has 0 aromatic carbocycles. The number of aromatic nitrogens is 4. The van der Waals surface area contributed by atoms with Gasteiger partial charge >= 0.3 is 0 Å². The number of nitrogens with two attached hydrogens (primary N) is 1. The highest BCUT2D eigenvalue weighted by molar-refractivity contribution is 5.35. The van der Waals surface area contributed by atoms with Crippen molar-refractivity contribution in [1.29, 1.82) is 0 Å². The largest absolute Gasteiger partial charge is 0.472 e. The first-order valence-corrected chi connectivity index (χ1v) is 10.0. The first-order valence-electron chi connectivity index (χ1n) is 10.0. The Kier molecular flexibility index (Phi) is 4.21. The van der Waals surface area contributed by atoms with Crippen LogP contribution in [0, 0.1) is 13.8 Å². The SMILES string of the molecule is Cc1nc(C)c2c(n1)OC(CN1CCC3(CC1)OCCc1cnc(N)nc13)C2. The fraction of sp³-hybridized carbons (Fsp3) is 0.600. The van der Waals surface area contributed by atoms with Gasteiger partial charge in [0.05, 0.1) is 12.3 Å². The fourth-order valence-corrected chi connectivity index (χ4v) is 4.75. The second-order valence-electron chi connectivity index (χ2n) is 8.08. The molecule has 148 valence electrons. The molecule has 28 heavy (non-hydrogen) atoms. The third kappa shape index (κ3) is 3.00. The van der Waals surface area contributed by atoms with Gasteiger partial charge in [0.2, 0.25) is 11.8 Å². The Hall–Kier alpha value is -2.32. The molecule has 1 atom stereocenters. The van der Waals surface area contributed by atoms with Crippen LogP contribution in [0.25, 0.3) is 0 Å². The van der Waals surface area contributed by atoms with Crippen molar-refractivity contribution in [3.63, 3.8) is 0 Å². The van der Waals surface area contributed by atoms with Crippen molar-refractivity contribution >= 4 is 5.95 Å². The summed E-state index contributed by atoms with van der Waals surface area (Å²) in [5.74, 6) is 1.86. The second kappa shape index (κ2) is 6.63. The van der Waals surface area contributed by atoms with E-state index in [1.165, 1.54) is 5.56 Å². The minimum atomic E-state index is -0.320. The smallest absolute Gasteiger partial charge is 0.220 e. The molecule has 2 aromatic heterocycles. The van der Waals surface area contributed by atoms with Crippen LogP contribution in [-0.2, 0) is 23.2 Å². The molecule has 0 amide bonds. The predicted molar refractivity (Wildman–Crippen MR) is 103 cm³/mol. The molecule has 3 aliphatic rings. The average molecular weight is 382 g/mol. The van der Waals surface area contributed by atoms with E-state index >= 15 is 0 Å². The van der Waals surface area contributed by atoms with Crippen LogP contribution in [0.1, 0.15) is 41.2 Å². The summed E-state index contributed by atoms with van der Waals surface area (Å²) in [5, 5.41) is 0. The lowest BCUT2D eigenvalue weighted by atomic mass is 9.83. The van der Waals surface area contributed by atoms with Crippen LogP contribution in [0.15, 0.2) is 6.20 Å². The monoisotopic (exact) mass is 382 g/mol. The maximum atomic E-state index is 6.26. The zero-order valence-corrected chi connectivity index (χ0v) is 16.4. The van der Waals surface area contributed by atoms with Crippen molar-refractivity contribution in [2.24, 2.45) is 0 Å². The maximum absolute atomic E-state index is 6.26. The number of ether oxygens (including phenoxy) is 2. The molecule has 0 saturated carbocycles. The van der Waals surface area contributed by atoms with E-state index in [4.69, 9.17) is 15.2 Å². The maximum Gasteiger partial charge on any atom is 0.220 e. The van der Waals surface area contributed by atoms with Crippen LogP contribution >= 0.6 is 0 Å². The number of aryl methyl sites for hydroxylation is 2. The molecule has 0 bridgehead atoms. The van der Waals surface area contributed by atoms with Crippen molar-refractivity contribution in [3.05, 3.63) is 34.5 Å². The summed E-state index contributed by atoms with van der Waals surface area (Å²) < 4.78 is 12.4. The highest BCUT2D eigenvalue weighted by Gasteiger charge is 2.43. The van der Waals surface area contributed by atoms with Gasteiger partial charge in [0.1, 0.15) is 17.5 Å². The Labute approximate surface area is 164 Å². The topological polar surface area (TPSA) is 99.3 Å². The summed E-state index contributed by atoms with van der Waals surface area (Å²) in [6.07, 6.45) is 5.56. The minimum Gasteiger partial charge on any atom is -0.472 e. The van der Waals surface area contributed by atoms with Gasteiger partial charge in [-0.2, -0.15) is 4.98 Å². The summed E-state index contributed by atoms with van der Waals surface area (Å²) in [5.41, 5.74) is 9.90. The van der Waals surface area contributed by atoms with Crippen LogP contribution in [0.5, 0.6) is 5.88 Å². The first kappa shape index (κ1) is 17.8. The Morgan fingerprint density at radius 2 is 2.04 bits per heavy atom. The normalized spacial score (nSPS) is 23.3. The number of anilines is 1. The van der Waals surface area contributed by atoms with Crippen molar-refractivity contribution < 1.29 is 9.47 Å². The standard InChI is InChI=1S/C20H26N6O2/c1-12-16-9-15(28-18(16)24-13(2)23-12)11-26-6-4-20(5-7-26)17-14(3-8-27-20)10-22-19(21)25-17/h10,15H,3-9,11H2,1-2H3,(H2,21,22,25). The van der Waals surface area contributed by atoms with Crippen LogP contribution in [0.2, 0.25) is 0 Å². The second-order valence-corrected chi connectivity index (χ2v) is 8.08. The Bertz CT molecular complexity index is 910. The van der Waals surface area contributed by atoms with Gasteiger partial charge in [-0.15, -0.1) is 0 Å². The van der Waals surface area contributed by atoms with E-state index in [1.54, 1.807) is 0 Å². The van der Waals surface area contributed by atoms with Crippen LogP contribution in [0.4, 0.5) is 5.95 Å². The third-order valence-corrected chi connectivity index (χ3v) is 6.19. The van der Waals surface area contributed by atoms with E-state index < -0.39 is 0 Å². The van der Waals surface area contributed by atoms with Crippen LogP contribution in [0.3, 0.4) is 0 Å². The van der Waals surface area contributed by atoms with E-state index in [-0.39, 0.29) is 11.7 Å². The highest BCUT2D eigenvalue weighted by Crippen LogP contribution is 2.40. The highest BCUT2D eigenvalue weighted by atomic mass is 16.5. The van der Waals surface area contributed by atoms with Crippen molar-refractivity contribution in [1.82, 2.24) is 24.8 Å². The van der Waals surface area contributed by atoms with Crippen molar-refractivity contribution in [2.45, 2.75) is 51.2 Å². The molecule has 8 heteroatoms. The van der Waals surface area contributed by atoms with E-state index in [1.807, 2.05) is 20.0 Å². The average Bonchev–Trinajstić information content (AvgIpc) is 3.07. The van der Waals surface area contributed by atoms with Crippen LogP contribution < -0.4 is 10.5 Å². The number of rotatable bonds is 2. The first-order chi connectivity index (χ1) is 13.5. The van der Waals surface area contributed by atoms with Gasteiger partial charge in [-0.3, -0.25) is 4.90 Å². The number of nitrogen functional groups attached to an aromatic ring is 1. The molecule has 2 N–H and O–H groups in total. The van der Waals surface area contributed by atoms with E-state index in [2.05, 4.69) is 24.8 Å². The molecule has 3 aliphatic heterocycles. The Morgan fingerprint density at radius 3 is 2.86 bits per heavy atom. The van der Waals surface area contributed by atoms with Crippen molar-refractivity contribution in [2.75, 3.05) is 32.0 Å². The zero-order valence-electron chi connectivity index (χ0n) is 16.4. The summed E-state index contributed by atoms with van der Waals surface area (Å²) in [6, 6.07) is 0. The summed E-state index contributed by atoms with van der Waals surface area (Å²) >= 11 is 0. The van der Waals surface area contributed by atoms with E-state index in [9.17, 15) is 0 Å². The van der Waals surface area contributed by atoms with E-state index in [0.29, 0.717) is 5.95 Å². The number of piperidine rings is 1. The fourth-order valence-electron chi connectivity index (χ4n) is 4.75. The van der Waals surface area contributed by atoms with Gasteiger partial charge in [0, 0.05) is 43.5 Å². The molecular formula is C20H26N6O2. The summed E-state index contributed by atoms with van der Waals surface area (Å²) in [4.78, 5) is 20.1. The molecular weight excluding hydrogens is 356 g/mol.